The van der Waals surface area contributed by atoms with Gasteiger partial charge in [0.1, 0.15) is 0 Å². The molecule has 1 aliphatic carbocycles. The average Bonchev–Trinajstić information content (AvgIpc) is 2.04. The molecule has 3 nitrogen and oxygen atoms in total. The van der Waals surface area contributed by atoms with E-state index in [-0.39, 0.29) is 5.54 Å². The summed E-state index contributed by atoms with van der Waals surface area (Å²) in [6, 6.07) is 1.83. The van der Waals surface area contributed by atoms with Crippen molar-refractivity contribution < 1.29 is 0 Å². The van der Waals surface area contributed by atoms with Gasteiger partial charge in [0, 0.05) is 17.9 Å². The Balaban J connectivity index is 2.04. The van der Waals surface area contributed by atoms with Crippen LogP contribution in [-0.2, 0) is 0 Å². The van der Waals surface area contributed by atoms with Crippen LogP contribution < -0.4 is 5.32 Å². The van der Waals surface area contributed by atoms with E-state index in [0.717, 1.165) is 5.95 Å². The molecule has 3 heteroatoms. The standard InChI is InChI=1S/C9H13N3/c1-9(4-2-5-9)12-8-10-6-3-7-11-8/h3,6-7H,2,4-5H2,1H3,(H,10,11,12). The first-order chi connectivity index (χ1) is 5.79. The molecule has 64 valence electrons. The number of hydrogen-bond donors (Lipinski definition) is 1. The molecule has 0 unspecified atom stereocenters. The lowest BCUT2D eigenvalue weighted by atomic mass is 9.79. The van der Waals surface area contributed by atoms with Gasteiger partial charge < -0.3 is 5.32 Å². The Morgan fingerprint density at radius 3 is 2.50 bits per heavy atom. The van der Waals surface area contributed by atoms with Gasteiger partial charge in [0.25, 0.3) is 0 Å². The number of aromatic nitrogens is 2. The molecule has 2 rings (SSSR count). The SMILES string of the molecule is CC1(Nc2ncccn2)CCC1. The molecule has 0 radical (unpaired) electrons. The van der Waals surface area contributed by atoms with Crippen LogP contribution in [-0.4, -0.2) is 15.5 Å². The highest BCUT2D eigenvalue weighted by atomic mass is 15.1. The molecule has 1 saturated carbocycles. The van der Waals surface area contributed by atoms with E-state index in [2.05, 4.69) is 22.2 Å². The maximum Gasteiger partial charge on any atom is 0.222 e. The van der Waals surface area contributed by atoms with Gasteiger partial charge in [-0.2, -0.15) is 0 Å². The first-order valence-electron chi connectivity index (χ1n) is 4.34. The van der Waals surface area contributed by atoms with Gasteiger partial charge in [-0.25, -0.2) is 9.97 Å². The number of anilines is 1. The summed E-state index contributed by atoms with van der Waals surface area (Å²) in [7, 11) is 0. The monoisotopic (exact) mass is 163 g/mol. The number of nitrogens with one attached hydrogen (secondary N) is 1. The molecule has 0 atom stereocenters. The normalized spacial score (nSPS) is 19.8. The number of rotatable bonds is 2. The predicted octanol–water partition coefficient (Wildman–Crippen LogP) is 1.83. The van der Waals surface area contributed by atoms with Gasteiger partial charge in [0.15, 0.2) is 0 Å². The molecule has 0 spiro atoms. The van der Waals surface area contributed by atoms with Gasteiger partial charge >= 0.3 is 0 Å². The molecule has 0 bridgehead atoms. The van der Waals surface area contributed by atoms with Crippen LogP contribution in [0.15, 0.2) is 18.5 Å². The average molecular weight is 163 g/mol. The van der Waals surface area contributed by atoms with E-state index in [0.29, 0.717) is 0 Å². The van der Waals surface area contributed by atoms with Crippen LogP contribution in [0.3, 0.4) is 0 Å². The molecule has 0 amide bonds. The van der Waals surface area contributed by atoms with Crippen LogP contribution in [0.25, 0.3) is 0 Å². The summed E-state index contributed by atoms with van der Waals surface area (Å²) in [6.07, 6.45) is 7.29. The molecule has 0 aliphatic heterocycles. The second kappa shape index (κ2) is 2.73. The van der Waals surface area contributed by atoms with Gasteiger partial charge in [0.05, 0.1) is 0 Å². The molecular weight excluding hydrogens is 150 g/mol. The molecule has 12 heavy (non-hydrogen) atoms. The zero-order chi connectivity index (χ0) is 8.44. The second-order valence-electron chi connectivity index (χ2n) is 3.61. The highest BCUT2D eigenvalue weighted by molar-refractivity contribution is 5.28. The summed E-state index contributed by atoms with van der Waals surface area (Å²) >= 11 is 0. The van der Waals surface area contributed by atoms with Crippen molar-refractivity contribution in [3.8, 4) is 0 Å². The van der Waals surface area contributed by atoms with Crippen molar-refractivity contribution in [3.63, 3.8) is 0 Å². The van der Waals surface area contributed by atoms with E-state index in [4.69, 9.17) is 0 Å². The molecular formula is C9H13N3. The van der Waals surface area contributed by atoms with Crippen molar-refractivity contribution >= 4 is 5.95 Å². The summed E-state index contributed by atoms with van der Waals surface area (Å²) in [5.41, 5.74) is 0.251. The third-order valence-corrected chi connectivity index (χ3v) is 2.44. The molecule has 1 aliphatic rings. The maximum atomic E-state index is 4.12. The molecule has 0 aromatic carbocycles. The van der Waals surface area contributed by atoms with Crippen LogP contribution in [0.5, 0.6) is 0 Å². The Bertz CT molecular complexity index is 254. The fourth-order valence-electron chi connectivity index (χ4n) is 1.47. The van der Waals surface area contributed by atoms with Crippen LogP contribution in [0, 0.1) is 0 Å². The lowest BCUT2D eigenvalue weighted by Gasteiger charge is -2.39. The minimum atomic E-state index is 0.251. The highest BCUT2D eigenvalue weighted by Crippen LogP contribution is 2.33. The second-order valence-corrected chi connectivity index (χ2v) is 3.61. The molecule has 1 N–H and O–H groups in total. The van der Waals surface area contributed by atoms with Gasteiger partial charge in [-0.05, 0) is 32.3 Å². The minimum Gasteiger partial charge on any atom is -0.349 e. The van der Waals surface area contributed by atoms with E-state index < -0.39 is 0 Å². The lowest BCUT2D eigenvalue weighted by molar-refractivity contribution is 0.305. The van der Waals surface area contributed by atoms with E-state index in [9.17, 15) is 0 Å². The van der Waals surface area contributed by atoms with Crippen molar-refractivity contribution in [2.45, 2.75) is 31.7 Å². The smallest absolute Gasteiger partial charge is 0.222 e. The summed E-state index contributed by atoms with van der Waals surface area (Å²) in [4.78, 5) is 8.25. The summed E-state index contributed by atoms with van der Waals surface area (Å²) in [6.45, 7) is 2.22. The summed E-state index contributed by atoms with van der Waals surface area (Å²) in [5, 5.41) is 3.33. The topological polar surface area (TPSA) is 37.8 Å². The quantitative estimate of drug-likeness (QED) is 0.722. The lowest BCUT2D eigenvalue weighted by Crippen LogP contribution is -2.42. The van der Waals surface area contributed by atoms with E-state index in [1.807, 2.05) is 6.07 Å². The van der Waals surface area contributed by atoms with Gasteiger partial charge in [-0.1, -0.05) is 0 Å². The van der Waals surface area contributed by atoms with Gasteiger partial charge in [0.2, 0.25) is 5.95 Å². The molecule has 0 saturated heterocycles. The Kier molecular flexibility index (Phi) is 1.71. The fourth-order valence-corrected chi connectivity index (χ4v) is 1.47. The zero-order valence-electron chi connectivity index (χ0n) is 7.25. The van der Waals surface area contributed by atoms with Gasteiger partial charge in [-0.15, -0.1) is 0 Å². The maximum absolute atomic E-state index is 4.12. The Morgan fingerprint density at radius 1 is 1.33 bits per heavy atom. The van der Waals surface area contributed by atoms with Crippen LogP contribution >= 0.6 is 0 Å². The van der Waals surface area contributed by atoms with E-state index in [1.165, 1.54) is 19.3 Å². The van der Waals surface area contributed by atoms with Crippen molar-refractivity contribution in [2.24, 2.45) is 0 Å². The third kappa shape index (κ3) is 1.40. The zero-order valence-corrected chi connectivity index (χ0v) is 7.25. The molecule has 1 aromatic heterocycles. The Labute approximate surface area is 72.2 Å². The van der Waals surface area contributed by atoms with Crippen LogP contribution in [0.1, 0.15) is 26.2 Å². The third-order valence-electron chi connectivity index (χ3n) is 2.44. The minimum absolute atomic E-state index is 0.251. The van der Waals surface area contributed by atoms with E-state index >= 15 is 0 Å². The Hall–Kier alpha value is -1.12. The predicted molar refractivity (Wildman–Crippen MR) is 47.9 cm³/mol. The molecule has 1 heterocycles. The molecule has 1 aromatic rings. The number of hydrogen-bond acceptors (Lipinski definition) is 3. The van der Waals surface area contributed by atoms with Crippen molar-refractivity contribution in [1.29, 1.82) is 0 Å². The summed E-state index contributed by atoms with van der Waals surface area (Å²) < 4.78 is 0. The summed E-state index contributed by atoms with van der Waals surface area (Å²) in [5.74, 6) is 0.750. The Morgan fingerprint density at radius 2 is 2.00 bits per heavy atom. The van der Waals surface area contributed by atoms with Crippen molar-refractivity contribution in [2.75, 3.05) is 5.32 Å². The largest absolute Gasteiger partial charge is 0.349 e. The molecule has 1 fully saturated rings. The van der Waals surface area contributed by atoms with Crippen molar-refractivity contribution in [3.05, 3.63) is 18.5 Å². The number of nitrogens with zero attached hydrogens (tertiary/aromatic N) is 2. The fraction of sp³-hybridized carbons (Fsp3) is 0.556. The van der Waals surface area contributed by atoms with Crippen LogP contribution in [0.4, 0.5) is 5.95 Å². The highest BCUT2D eigenvalue weighted by Gasteiger charge is 2.31. The van der Waals surface area contributed by atoms with Crippen molar-refractivity contribution in [1.82, 2.24) is 9.97 Å². The van der Waals surface area contributed by atoms with Crippen LogP contribution in [0.2, 0.25) is 0 Å². The first-order valence-corrected chi connectivity index (χ1v) is 4.34. The first kappa shape index (κ1) is 7.53. The van der Waals surface area contributed by atoms with Gasteiger partial charge in [-0.3, -0.25) is 0 Å². The van der Waals surface area contributed by atoms with E-state index in [1.54, 1.807) is 12.4 Å².